The van der Waals surface area contributed by atoms with E-state index < -0.39 is 15.9 Å². The molecular formula is C7H13N5O3S. The van der Waals surface area contributed by atoms with Crippen molar-refractivity contribution in [3.05, 3.63) is 6.20 Å². The van der Waals surface area contributed by atoms with Gasteiger partial charge < -0.3 is 11.1 Å². The molecule has 8 nitrogen and oxygen atoms in total. The number of nitrogens with zero attached hydrogens (tertiary/aromatic N) is 2. The van der Waals surface area contributed by atoms with E-state index in [0.717, 1.165) is 0 Å². The van der Waals surface area contributed by atoms with Gasteiger partial charge in [0.05, 0.1) is 6.54 Å². The van der Waals surface area contributed by atoms with Gasteiger partial charge in [-0.15, -0.1) is 0 Å². The summed E-state index contributed by atoms with van der Waals surface area (Å²) in [5.74, 6) is -0.544. The fraction of sp³-hybridized carbons (Fsp3) is 0.429. The molecule has 90 valence electrons. The molecule has 1 aromatic rings. The molecule has 0 saturated carbocycles. The Hall–Kier alpha value is -1.61. The third kappa shape index (κ3) is 2.70. The third-order valence-electron chi connectivity index (χ3n) is 1.81. The molecule has 9 heteroatoms. The molecule has 0 unspecified atom stereocenters. The fourth-order valence-electron chi connectivity index (χ4n) is 1.02. The number of aryl methyl sites for hydroxylation is 1. The number of amides is 1. The molecule has 0 aliphatic heterocycles. The van der Waals surface area contributed by atoms with Gasteiger partial charge in [-0.3, -0.25) is 9.48 Å². The minimum Gasteiger partial charge on any atom is -0.381 e. The third-order valence-corrected chi connectivity index (χ3v) is 3.23. The highest BCUT2D eigenvalue weighted by Gasteiger charge is 2.20. The molecule has 1 amide bonds. The van der Waals surface area contributed by atoms with Crippen molar-refractivity contribution < 1.29 is 13.2 Å². The molecule has 0 spiro atoms. The number of nitrogen functional groups attached to an aromatic ring is 1. The molecule has 1 rings (SSSR count). The van der Waals surface area contributed by atoms with Gasteiger partial charge in [0.15, 0.2) is 5.82 Å². The zero-order valence-corrected chi connectivity index (χ0v) is 9.71. The highest BCUT2D eigenvalue weighted by molar-refractivity contribution is 7.89. The summed E-state index contributed by atoms with van der Waals surface area (Å²) in [7, 11) is -0.833. The first-order chi connectivity index (χ1) is 7.36. The summed E-state index contributed by atoms with van der Waals surface area (Å²) in [6.07, 6.45) is 1.27. The molecule has 0 aromatic carbocycles. The molecule has 16 heavy (non-hydrogen) atoms. The van der Waals surface area contributed by atoms with Crippen molar-refractivity contribution in [1.29, 1.82) is 0 Å². The van der Waals surface area contributed by atoms with E-state index in [0.29, 0.717) is 0 Å². The number of carbonyl (C=O) groups is 1. The number of likely N-dealkylation sites (N-methyl/N-ethyl adjacent to an activating group) is 1. The van der Waals surface area contributed by atoms with Crippen LogP contribution in [0.3, 0.4) is 0 Å². The topological polar surface area (TPSA) is 119 Å². The minimum atomic E-state index is -3.79. The first kappa shape index (κ1) is 12.5. The van der Waals surface area contributed by atoms with Gasteiger partial charge in [-0.05, 0) is 0 Å². The predicted octanol–water partition coefficient (Wildman–Crippen LogP) is -1.97. The van der Waals surface area contributed by atoms with Crippen LogP contribution in [-0.4, -0.2) is 37.7 Å². The standard InChI is InChI=1S/C7H13N5O3S/c1-9-6(13)3-10-16(14,15)5-4-12(2)11-7(5)8/h4,10H,3H2,1-2H3,(H2,8,11)(H,9,13). The van der Waals surface area contributed by atoms with E-state index >= 15 is 0 Å². The van der Waals surface area contributed by atoms with E-state index in [-0.39, 0.29) is 17.3 Å². The van der Waals surface area contributed by atoms with Crippen molar-refractivity contribution in [1.82, 2.24) is 19.8 Å². The largest absolute Gasteiger partial charge is 0.381 e. The Kier molecular flexibility index (Phi) is 3.50. The summed E-state index contributed by atoms with van der Waals surface area (Å²) < 4.78 is 26.7. The quantitative estimate of drug-likeness (QED) is 0.570. The first-order valence-electron chi connectivity index (χ1n) is 4.36. The Morgan fingerprint density at radius 2 is 2.25 bits per heavy atom. The van der Waals surface area contributed by atoms with Crippen LogP contribution in [0.25, 0.3) is 0 Å². The van der Waals surface area contributed by atoms with Crippen LogP contribution in [0.15, 0.2) is 11.1 Å². The average Bonchev–Trinajstić information content (AvgIpc) is 2.55. The number of aromatic nitrogens is 2. The smallest absolute Gasteiger partial charge is 0.246 e. The van der Waals surface area contributed by atoms with Crippen molar-refractivity contribution in [2.24, 2.45) is 7.05 Å². The lowest BCUT2D eigenvalue weighted by molar-refractivity contribution is -0.119. The van der Waals surface area contributed by atoms with Crippen molar-refractivity contribution in [3.8, 4) is 0 Å². The van der Waals surface area contributed by atoms with E-state index in [9.17, 15) is 13.2 Å². The molecule has 0 saturated heterocycles. The maximum atomic E-state index is 11.7. The second-order valence-electron chi connectivity index (χ2n) is 3.05. The molecule has 0 bridgehead atoms. The summed E-state index contributed by atoms with van der Waals surface area (Å²) in [6.45, 7) is -0.340. The van der Waals surface area contributed by atoms with Gasteiger partial charge in [0.2, 0.25) is 15.9 Å². The minimum absolute atomic E-state index is 0.105. The van der Waals surface area contributed by atoms with E-state index in [1.54, 1.807) is 7.05 Å². The predicted molar refractivity (Wildman–Crippen MR) is 56.9 cm³/mol. The molecule has 0 radical (unpaired) electrons. The highest BCUT2D eigenvalue weighted by Crippen LogP contribution is 2.14. The number of nitrogens with one attached hydrogen (secondary N) is 2. The molecule has 4 N–H and O–H groups in total. The lowest BCUT2D eigenvalue weighted by Gasteiger charge is -2.03. The van der Waals surface area contributed by atoms with Crippen LogP contribution in [0, 0.1) is 0 Å². The molecule has 1 heterocycles. The molecule has 1 aromatic heterocycles. The van der Waals surface area contributed by atoms with Crippen LogP contribution < -0.4 is 15.8 Å². The van der Waals surface area contributed by atoms with Gasteiger partial charge in [0, 0.05) is 20.3 Å². The van der Waals surface area contributed by atoms with E-state index in [4.69, 9.17) is 5.73 Å². The Labute approximate surface area is 92.9 Å². The van der Waals surface area contributed by atoms with Gasteiger partial charge in [-0.1, -0.05) is 0 Å². The molecule has 0 aliphatic rings. The lowest BCUT2D eigenvalue weighted by atomic mass is 10.6. The van der Waals surface area contributed by atoms with Gasteiger partial charge in [-0.2, -0.15) is 5.10 Å². The molecule has 0 fully saturated rings. The Morgan fingerprint density at radius 1 is 1.62 bits per heavy atom. The maximum absolute atomic E-state index is 11.7. The van der Waals surface area contributed by atoms with Crippen molar-refractivity contribution in [3.63, 3.8) is 0 Å². The second-order valence-corrected chi connectivity index (χ2v) is 4.79. The van der Waals surface area contributed by atoms with Crippen LogP contribution in [0.2, 0.25) is 0 Å². The van der Waals surface area contributed by atoms with E-state index in [2.05, 4.69) is 15.1 Å². The van der Waals surface area contributed by atoms with Crippen LogP contribution >= 0.6 is 0 Å². The summed E-state index contributed by atoms with van der Waals surface area (Å²) in [5.41, 5.74) is 5.41. The monoisotopic (exact) mass is 247 g/mol. The normalized spacial score (nSPS) is 11.4. The number of rotatable bonds is 4. The van der Waals surface area contributed by atoms with Crippen LogP contribution in [0.4, 0.5) is 5.82 Å². The maximum Gasteiger partial charge on any atom is 0.246 e. The van der Waals surface area contributed by atoms with Crippen LogP contribution in [0.1, 0.15) is 0 Å². The Morgan fingerprint density at radius 3 is 2.69 bits per heavy atom. The number of hydrogen-bond donors (Lipinski definition) is 3. The van der Waals surface area contributed by atoms with E-state index in [1.807, 2.05) is 0 Å². The lowest BCUT2D eigenvalue weighted by Crippen LogP contribution is -2.35. The van der Waals surface area contributed by atoms with Crippen molar-refractivity contribution in [2.75, 3.05) is 19.3 Å². The number of carbonyl (C=O) groups excluding carboxylic acids is 1. The molecule has 0 aliphatic carbocycles. The summed E-state index contributed by atoms with van der Waals surface area (Å²) in [6, 6.07) is 0. The first-order valence-corrected chi connectivity index (χ1v) is 5.84. The average molecular weight is 247 g/mol. The number of hydrogen-bond acceptors (Lipinski definition) is 5. The second kappa shape index (κ2) is 4.49. The number of sulfonamides is 1. The number of nitrogens with two attached hydrogens (primary N) is 1. The molecule has 0 atom stereocenters. The fourth-order valence-corrected chi connectivity index (χ4v) is 2.10. The zero-order chi connectivity index (χ0) is 12.3. The number of anilines is 1. The van der Waals surface area contributed by atoms with Gasteiger partial charge in [0.1, 0.15) is 4.90 Å². The van der Waals surface area contributed by atoms with Crippen LogP contribution in [0.5, 0.6) is 0 Å². The van der Waals surface area contributed by atoms with Gasteiger partial charge in [-0.25, -0.2) is 13.1 Å². The SMILES string of the molecule is CNC(=O)CNS(=O)(=O)c1cn(C)nc1N. The summed E-state index contributed by atoms with van der Waals surface area (Å²) in [5, 5.41) is 5.99. The van der Waals surface area contributed by atoms with Gasteiger partial charge >= 0.3 is 0 Å². The van der Waals surface area contributed by atoms with Crippen molar-refractivity contribution >= 4 is 21.7 Å². The Bertz CT molecular complexity index is 492. The van der Waals surface area contributed by atoms with E-state index in [1.165, 1.54) is 17.9 Å². The molecular weight excluding hydrogens is 234 g/mol. The summed E-state index contributed by atoms with van der Waals surface area (Å²) >= 11 is 0. The summed E-state index contributed by atoms with van der Waals surface area (Å²) in [4.78, 5) is 10.7. The zero-order valence-electron chi connectivity index (χ0n) is 8.89. The van der Waals surface area contributed by atoms with Crippen molar-refractivity contribution in [2.45, 2.75) is 4.90 Å². The van der Waals surface area contributed by atoms with Gasteiger partial charge in [0.25, 0.3) is 0 Å². The Balaban J connectivity index is 2.86. The van der Waals surface area contributed by atoms with Crippen LogP contribution in [-0.2, 0) is 21.9 Å². The highest BCUT2D eigenvalue weighted by atomic mass is 32.2.